The lowest BCUT2D eigenvalue weighted by molar-refractivity contribution is -0.122. The number of amides is 2. The zero-order chi connectivity index (χ0) is 20.2. The van der Waals surface area contributed by atoms with E-state index in [2.05, 4.69) is 20.4 Å². The van der Waals surface area contributed by atoms with E-state index in [0.717, 1.165) is 35.6 Å². The number of fused-ring (bicyclic) bond motifs is 1. The van der Waals surface area contributed by atoms with Gasteiger partial charge in [-0.3, -0.25) is 19.8 Å². The van der Waals surface area contributed by atoms with Crippen LogP contribution in [-0.4, -0.2) is 38.1 Å². The molecule has 0 atom stereocenters. The Hall–Kier alpha value is -3.55. The van der Waals surface area contributed by atoms with Crippen LogP contribution in [0.1, 0.15) is 25.0 Å². The third kappa shape index (κ3) is 4.31. The van der Waals surface area contributed by atoms with Crippen molar-refractivity contribution in [2.45, 2.75) is 32.7 Å². The van der Waals surface area contributed by atoms with E-state index >= 15 is 0 Å². The van der Waals surface area contributed by atoms with E-state index in [0.29, 0.717) is 6.54 Å². The second-order valence-corrected chi connectivity index (χ2v) is 6.98. The van der Waals surface area contributed by atoms with Gasteiger partial charge in [0.15, 0.2) is 0 Å². The van der Waals surface area contributed by atoms with Gasteiger partial charge in [0.1, 0.15) is 5.82 Å². The van der Waals surface area contributed by atoms with Gasteiger partial charge in [0.2, 0.25) is 17.8 Å². The summed E-state index contributed by atoms with van der Waals surface area (Å²) in [5.41, 5.74) is 2.76. The van der Waals surface area contributed by atoms with Crippen molar-refractivity contribution in [1.29, 1.82) is 0 Å². The van der Waals surface area contributed by atoms with E-state index in [-0.39, 0.29) is 30.6 Å². The van der Waals surface area contributed by atoms with Crippen LogP contribution >= 0.6 is 0 Å². The molecule has 0 saturated heterocycles. The predicted molar refractivity (Wildman–Crippen MR) is 109 cm³/mol. The van der Waals surface area contributed by atoms with Crippen LogP contribution in [0, 0.1) is 6.92 Å². The molecule has 1 aliphatic rings. The topological polar surface area (TPSA) is 93.0 Å². The average Bonchev–Trinajstić information content (AvgIpc) is 3.13. The van der Waals surface area contributed by atoms with Crippen LogP contribution < -0.4 is 10.2 Å². The molecule has 2 amide bonds. The first-order chi connectivity index (χ1) is 14.1. The van der Waals surface area contributed by atoms with E-state index in [9.17, 15) is 9.59 Å². The van der Waals surface area contributed by atoms with Crippen LogP contribution in [-0.2, 0) is 16.1 Å². The maximum absolute atomic E-state index is 12.6. The van der Waals surface area contributed by atoms with Gasteiger partial charge in [-0.15, -0.1) is 0 Å². The number of aryl methyl sites for hydroxylation is 2. The van der Waals surface area contributed by atoms with Gasteiger partial charge in [0.25, 0.3) is 0 Å². The Morgan fingerprint density at radius 2 is 1.79 bits per heavy atom. The van der Waals surface area contributed by atoms with Crippen molar-refractivity contribution < 1.29 is 9.59 Å². The Balaban J connectivity index is 1.32. The van der Waals surface area contributed by atoms with Gasteiger partial charge in [-0.25, -0.2) is 14.6 Å². The number of benzene rings is 1. The van der Waals surface area contributed by atoms with Crippen LogP contribution in [0.2, 0.25) is 0 Å². The minimum atomic E-state index is -0.285. The third-order valence-electron chi connectivity index (χ3n) is 4.79. The molecule has 0 bridgehead atoms. The van der Waals surface area contributed by atoms with E-state index in [1.807, 2.05) is 48.0 Å². The van der Waals surface area contributed by atoms with E-state index in [1.165, 1.54) is 0 Å². The summed E-state index contributed by atoms with van der Waals surface area (Å²) in [5, 5.41) is 7.04. The Morgan fingerprint density at radius 3 is 2.55 bits per heavy atom. The van der Waals surface area contributed by atoms with Gasteiger partial charge in [-0.2, -0.15) is 5.10 Å². The molecule has 1 N–H and O–H groups in total. The highest BCUT2D eigenvalue weighted by Gasteiger charge is 2.24. The van der Waals surface area contributed by atoms with Crippen molar-refractivity contribution in [2.75, 3.05) is 16.8 Å². The van der Waals surface area contributed by atoms with Crippen molar-refractivity contribution in [2.24, 2.45) is 0 Å². The summed E-state index contributed by atoms with van der Waals surface area (Å²) in [4.78, 5) is 34.9. The van der Waals surface area contributed by atoms with Gasteiger partial charge in [-0.05, 0) is 18.9 Å². The molecule has 0 radical (unpaired) electrons. The highest BCUT2D eigenvalue weighted by molar-refractivity contribution is 5.97. The van der Waals surface area contributed by atoms with Crippen molar-refractivity contribution >= 4 is 23.6 Å². The Kier molecular flexibility index (Phi) is 5.33. The molecule has 1 aliphatic heterocycles. The van der Waals surface area contributed by atoms with Gasteiger partial charge < -0.3 is 0 Å². The normalized spacial score (nSPS) is 13.1. The van der Waals surface area contributed by atoms with Crippen molar-refractivity contribution in [3.05, 3.63) is 54.5 Å². The lowest BCUT2D eigenvalue weighted by Crippen LogP contribution is -2.37. The highest BCUT2D eigenvalue weighted by atomic mass is 16.2. The Bertz CT molecular complexity index is 1010. The second-order valence-electron chi connectivity index (χ2n) is 6.98. The summed E-state index contributed by atoms with van der Waals surface area (Å²) < 4.78 is 1.85. The molecule has 148 valence electrons. The number of nitrogens with one attached hydrogen (secondary N) is 1. The highest BCUT2D eigenvalue weighted by Crippen LogP contribution is 2.22. The van der Waals surface area contributed by atoms with Crippen LogP contribution in [0.5, 0.6) is 0 Å². The van der Waals surface area contributed by atoms with Crippen LogP contribution in [0.3, 0.4) is 0 Å². The van der Waals surface area contributed by atoms with Crippen molar-refractivity contribution in [3.8, 4) is 11.1 Å². The Morgan fingerprint density at radius 1 is 1.03 bits per heavy atom. The second kappa shape index (κ2) is 8.22. The van der Waals surface area contributed by atoms with Crippen LogP contribution in [0.25, 0.3) is 11.1 Å². The number of nitrogens with zero attached hydrogens (tertiary/aromatic N) is 5. The number of hydrogen-bond acceptors (Lipinski definition) is 5. The maximum Gasteiger partial charge on any atom is 0.229 e. The largest absolute Gasteiger partial charge is 0.297 e. The number of carbonyl (C=O) groups excluding carboxylic acids is 2. The summed E-state index contributed by atoms with van der Waals surface area (Å²) in [5.74, 6) is 0.668. The maximum atomic E-state index is 12.6. The van der Waals surface area contributed by atoms with Crippen molar-refractivity contribution in [1.82, 2.24) is 19.7 Å². The molecule has 0 saturated carbocycles. The minimum Gasteiger partial charge on any atom is -0.297 e. The first kappa shape index (κ1) is 18.8. The summed E-state index contributed by atoms with van der Waals surface area (Å²) in [6, 6.07) is 11.7. The van der Waals surface area contributed by atoms with Gasteiger partial charge in [-0.1, -0.05) is 30.3 Å². The summed E-state index contributed by atoms with van der Waals surface area (Å²) in [6.07, 6.45) is 4.39. The number of anilines is 2. The lowest BCUT2D eigenvalue weighted by atomic mass is 10.1. The van der Waals surface area contributed by atoms with Crippen LogP contribution in [0.15, 0.2) is 48.8 Å². The third-order valence-corrected chi connectivity index (χ3v) is 4.79. The standard InChI is InChI=1S/C21H22N6O2/c1-15-12-19-26(10-5-11-27(19)25-15)20(29)9-8-18(28)24-21-22-13-17(14-23-21)16-6-3-2-4-7-16/h2-4,6-7,12-14H,5,8-11H2,1H3,(H,22,23,24,28). The molecular weight excluding hydrogens is 368 g/mol. The molecule has 0 spiro atoms. The van der Waals surface area contributed by atoms with Crippen molar-refractivity contribution in [3.63, 3.8) is 0 Å². The number of hydrogen-bond donors (Lipinski definition) is 1. The molecule has 1 aromatic carbocycles. The fraction of sp³-hybridized carbons (Fsp3) is 0.286. The number of rotatable bonds is 5. The SMILES string of the molecule is Cc1cc2n(n1)CCCN2C(=O)CCC(=O)Nc1ncc(-c2ccccc2)cn1. The smallest absolute Gasteiger partial charge is 0.229 e. The summed E-state index contributed by atoms with van der Waals surface area (Å²) >= 11 is 0. The number of aromatic nitrogens is 4. The molecule has 3 heterocycles. The first-order valence-corrected chi connectivity index (χ1v) is 9.62. The average molecular weight is 390 g/mol. The quantitative estimate of drug-likeness (QED) is 0.723. The molecule has 3 aromatic rings. The molecule has 2 aromatic heterocycles. The molecular formula is C21H22N6O2. The fourth-order valence-electron chi connectivity index (χ4n) is 3.37. The molecule has 29 heavy (non-hydrogen) atoms. The lowest BCUT2D eigenvalue weighted by Gasteiger charge is -2.27. The number of carbonyl (C=O) groups is 2. The van der Waals surface area contributed by atoms with E-state index in [1.54, 1.807) is 17.3 Å². The van der Waals surface area contributed by atoms with E-state index < -0.39 is 0 Å². The fourth-order valence-corrected chi connectivity index (χ4v) is 3.37. The minimum absolute atomic E-state index is 0.0756. The monoisotopic (exact) mass is 390 g/mol. The first-order valence-electron chi connectivity index (χ1n) is 9.62. The molecule has 8 nitrogen and oxygen atoms in total. The Labute approximate surface area is 168 Å². The zero-order valence-corrected chi connectivity index (χ0v) is 16.2. The molecule has 0 unspecified atom stereocenters. The van der Waals surface area contributed by atoms with Gasteiger partial charge in [0, 0.05) is 50.0 Å². The van der Waals surface area contributed by atoms with Gasteiger partial charge >= 0.3 is 0 Å². The summed E-state index contributed by atoms with van der Waals surface area (Å²) in [6.45, 7) is 3.36. The van der Waals surface area contributed by atoms with E-state index in [4.69, 9.17) is 0 Å². The zero-order valence-electron chi connectivity index (χ0n) is 16.2. The summed E-state index contributed by atoms with van der Waals surface area (Å²) in [7, 11) is 0. The predicted octanol–water partition coefficient (Wildman–Crippen LogP) is 2.80. The molecule has 8 heteroatoms. The molecule has 0 aliphatic carbocycles. The molecule has 4 rings (SSSR count). The molecule has 0 fully saturated rings. The van der Waals surface area contributed by atoms with Crippen LogP contribution in [0.4, 0.5) is 11.8 Å². The van der Waals surface area contributed by atoms with Gasteiger partial charge in [0.05, 0.1) is 5.69 Å².